The molecule has 1 N–H and O–H groups in total. The summed E-state index contributed by atoms with van der Waals surface area (Å²) in [6.45, 7) is 4.54. The first-order chi connectivity index (χ1) is 18.3. The summed E-state index contributed by atoms with van der Waals surface area (Å²) in [5.41, 5.74) is 1.83. The van der Waals surface area contributed by atoms with E-state index in [-0.39, 0.29) is 23.9 Å². The summed E-state index contributed by atoms with van der Waals surface area (Å²) in [4.78, 5) is 30.8. The molecule has 1 heterocycles. The molecule has 0 bridgehead atoms. The van der Waals surface area contributed by atoms with Gasteiger partial charge in [0.2, 0.25) is 0 Å². The first-order valence-electron chi connectivity index (χ1n) is 11.8. The van der Waals surface area contributed by atoms with E-state index in [1.165, 1.54) is 30.0 Å². The molecule has 3 aromatic carbocycles. The second-order valence-corrected chi connectivity index (χ2v) is 9.91. The number of thioether (sulfide) groups is 1. The normalized spacial score (nSPS) is 15.4. The molecule has 1 saturated heterocycles. The molecule has 0 radical (unpaired) electrons. The first-order valence-corrected chi connectivity index (χ1v) is 13.4. The maximum absolute atomic E-state index is 14.0. The molecule has 0 spiro atoms. The molecule has 196 valence electrons. The topological polar surface area (TPSA) is 88.4 Å². The number of hydrogen-bond acceptors (Lipinski definition) is 6. The van der Waals surface area contributed by atoms with Crippen molar-refractivity contribution in [1.29, 1.82) is 0 Å². The Hall–Kier alpha value is -3.63. The van der Waals surface area contributed by atoms with Gasteiger partial charge < -0.3 is 14.6 Å². The van der Waals surface area contributed by atoms with E-state index in [0.717, 1.165) is 0 Å². The second-order valence-electron chi connectivity index (χ2n) is 8.05. The summed E-state index contributed by atoms with van der Waals surface area (Å²) in [7, 11) is 0. The van der Waals surface area contributed by atoms with Crippen LogP contribution in [0, 0.1) is 5.82 Å². The molecule has 1 fully saturated rings. The Kier molecular flexibility index (Phi) is 8.85. The van der Waals surface area contributed by atoms with Gasteiger partial charge in [-0.25, -0.2) is 14.2 Å². The number of carbonyl (C=O) groups is 2. The number of benzene rings is 3. The Morgan fingerprint density at radius 2 is 1.87 bits per heavy atom. The number of ether oxygens (including phenoxy) is 2. The van der Waals surface area contributed by atoms with E-state index < -0.39 is 5.97 Å². The van der Waals surface area contributed by atoms with Gasteiger partial charge in [0, 0.05) is 12.1 Å². The summed E-state index contributed by atoms with van der Waals surface area (Å²) >= 11 is 4.76. The molecule has 3 aromatic rings. The predicted octanol–water partition coefficient (Wildman–Crippen LogP) is 6.89. The maximum Gasteiger partial charge on any atom is 0.335 e. The van der Waals surface area contributed by atoms with Crippen LogP contribution in [0.25, 0.3) is 6.08 Å². The van der Waals surface area contributed by atoms with Gasteiger partial charge in [-0.05, 0) is 95.6 Å². The van der Waals surface area contributed by atoms with Crippen molar-refractivity contribution < 1.29 is 28.6 Å². The third-order valence-corrected chi connectivity index (χ3v) is 7.10. The summed E-state index contributed by atoms with van der Waals surface area (Å²) in [6.07, 6.45) is 1.75. The molecule has 4 rings (SSSR count). The van der Waals surface area contributed by atoms with Crippen molar-refractivity contribution in [1.82, 2.24) is 4.90 Å². The SMILES string of the molecule is CCOc1cc(/C=C2\SC(=Nc3ccc(C(=O)O)cc3)N(CC)C2=O)cc(Br)c1OCc1ccccc1F. The van der Waals surface area contributed by atoms with E-state index in [2.05, 4.69) is 20.9 Å². The van der Waals surface area contributed by atoms with Gasteiger partial charge in [0.1, 0.15) is 12.4 Å². The fraction of sp³-hybridized carbons (Fsp3) is 0.179. The fourth-order valence-corrected chi connectivity index (χ4v) is 5.29. The minimum Gasteiger partial charge on any atom is -0.490 e. The van der Waals surface area contributed by atoms with Crippen molar-refractivity contribution in [3.63, 3.8) is 0 Å². The van der Waals surface area contributed by atoms with Crippen LogP contribution in [0.5, 0.6) is 11.5 Å². The van der Waals surface area contributed by atoms with Crippen molar-refractivity contribution >= 4 is 56.5 Å². The van der Waals surface area contributed by atoms with Crippen LogP contribution in [0.15, 0.2) is 75.0 Å². The van der Waals surface area contributed by atoms with Crippen LogP contribution in [0.4, 0.5) is 10.1 Å². The zero-order valence-corrected chi connectivity index (χ0v) is 23.0. The van der Waals surface area contributed by atoms with Gasteiger partial charge in [-0.3, -0.25) is 9.69 Å². The standard InChI is InChI=1S/C28H24BrFN2O5S/c1-3-32-26(33)24(38-28(32)31-20-11-9-18(10-12-20)27(34)35)15-17-13-21(29)25(23(14-17)36-4-2)37-16-19-7-5-6-8-22(19)30/h5-15H,3-4,16H2,1-2H3,(H,34,35)/b24-15-,31-28?. The van der Waals surface area contributed by atoms with E-state index in [1.54, 1.807) is 53.4 Å². The van der Waals surface area contributed by atoms with E-state index in [9.17, 15) is 14.0 Å². The summed E-state index contributed by atoms with van der Waals surface area (Å²) < 4.78 is 26.3. The van der Waals surface area contributed by atoms with Crippen LogP contribution < -0.4 is 9.47 Å². The highest BCUT2D eigenvalue weighted by Gasteiger charge is 2.32. The molecule has 0 aliphatic carbocycles. The minimum atomic E-state index is -1.02. The average molecular weight is 599 g/mol. The van der Waals surface area contributed by atoms with Crippen molar-refractivity contribution in [2.24, 2.45) is 4.99 Å². The zero-order valence-electron chi connectivity index (χ0n) is 20.6. The van der Waals surface area contributed by atoms with Gasteiger partial charge in [-0.1, -0.05) is 18.2 Å². The Bertz CT molecular complexity index is 1430. The molecule has 1 aliphatic heterocycles. The minimum absolute atomic E-state index is 0.0266. The third-order valence-electron chi connectivity index (χ3n) is 5.50. The molecule has 0 atom stereocenters. The molecule has 0 aromatic heterocycles. The number of nitrogens with zero attached hydrogens (tertiary/aromatic N) is 2. The summed E-state index contributed by atoms with van der Waals surface area (Å²) in [6, 6.07) is 16.1. The van der Waals surface area contributed by atoms with Gasteiger partial charge in [0.15, 0.2) is 16.7 Å². The summed E-state index contributed by atoms with van der Waals surface area (Å²) in [5.74, 6) is -0.663. The van der Waals surface area contributed by atoms with Crippen molar-refractivity contribution in [3.05, 3.63) is 92.5 Å². The van der Waals surface area contributed by atoms with Crippen LogP contribution in [0.2, 0.25) is 0 Å². The predicted molar refractivity (Wildman–Crippen MR) is 149 cm³/mol. The molecule has 1 amide bonds. The van der Waals surface area contributed by atoms with E-state index >= 15 is 0 Å². The van der Waals surface area contributed by atoms with E-state index in [1.807, 2.05) is 13.8 Å². The Labute approximate surface area is 232 Å². The maximum atomic E-state index is 14.0. The molecular weight excluding hydrogens is 575 g/mol. The third kappa shape index (κ3) is 6.25. The number of carbonyl (C=O) groups excluding carboxylic acids is 1. The largest absolute Gasteiger partial charge is 0.490 e. The van der Waals surface area contributed by atoms with Crippen LogP contribution in [0.1, 0.15) is 35.3 Å². The highest BCUT2D eigenvalue weighted by Crippen LogP contribution is 2.40. The molecular formula is C28H24BrFN2O5S. The van der Waals surface area contributed by atoms with Crippen LogP contribution in [-0.2, 0) is 11.4 Å². The number of halogens is 2. The number of amidine groups is 1. The van der Waals surface area contributed by atoms with Crippen molar-refractivity contribution in [2.75, 3.05) is 13.2 Å². The Morgan fingerprint density at radius 1 is 1.13 bits per heavy atom. The van der Waals surface area contributed by atoms with Gasteiger partial charge in [0.25, 0.3) is 5.91 Å². The number of carboxylic acid groups (broad SMARTS) is 1. The zero-order chi connectivity index (χ0) is 27.2. The molecule has 10 heteroatoms. The fourth-order valence-electron chi connectivity index (χ4n) is 3.65. The molecule has 0 saturated carbocycles. The van der Waals surface area contributed by atoms with E-state index in [4.69, 9.17) is 14.6 Å². The Balaban J connectivity index is 1.60. The van der Waals surface area contributed by atoms with Crippen LogP contribution in [-0.4, -0.2) is 40.2 Å². The number of likely N-dealkylation sites (N-methyl/N-ethyl adjacent to an activating group) is 1. The van der Waals surface area contributed by atoms with E-state index in [0.29, 0.717) is 56.0 Å². The number of rotatable bonds is 9. The van der Waals surface area contributed by atoms with Crippen LogP contribution in [0.3, 0.4) is 0 Å². The van der Waals surface area contributed by atoms with Crippen molar-refractivity contribution in [2.45, 2.75) is 20.5 Å². The lowest BCUT2D eigenvalue weighted by molar-refractivity contribution is -0.122. The van der Waals surface area contributed by atoms with Crippen LogP contribution >= 0.6 is 27.7 Å². The number of aliphatic imine (C=N–C) groups is 1. The molecule has 38 heavy (non-hydrogen) atoms. The number of aromatic carboxylic acids is 1. The van der Waals surface area contributed by atoms with Gasteiger partial charge >= 0.3 is 5.97 Å². The second kappa shape index (κ2) is 12.3. The average Bonchev–Trinajstić information content (AvgIpc) is 3.18. The molecule has 7 nitrogen and oxygen atoms in total. The van der Waals surface area contributed by atoms with Gasteiger partial charge in [-0.2, -0.15) is 0 Å². The molecule has 1 aliphatic rings. The highest BCUT2D eigenvalue weighted by molar-refractivity contribution is 9.10. The highest BCUT2D eigenvalue weighted by atomic mass is 79.9. The lowest BCUT2D eigenvalue weighted by atomic mass is 10.1. The number of hydrogen-bond donors (Lipinski definition) is 1. The van der Waals surface area contributed by atoms with Crippen molar-refractivity contribution in [3.8, 4) is 11.5 Å². The van der Waals surface area contributed by atoms with Gasteiger partial charge in [0.05, 0.1) is 27.2 Å². The number of carboxylic acids is 1. The lowest BCUT2D eigenvalue weighted by Crippen LogP contribution is -2.28. The first kappa shape index (κ1) is 27.4. The lowest BCUT2D eigenvalue weighted by Gasteiger charge is -2.15. The molecule has 0 unspecified atom stereocenters. The number of amides is 1. The monoisotopic (exact) mass is 598 g/mol. The van der Waals surface area contributed by atoms with Gasteiger partial charge in [-0.15, -0.1) is 0 Å². The Morgan fingerprint density at radius 3 is 2.53 bits per heavy atom. The summed E-state index contributed by atoms with van der Waals surface area (Å²) in [5, 5.41) is 9.60. The smallest absolute Gasteiger partial charge is 0.335 e. The quantitative estimate of drug-likeness (QED) is 0.270.